The lowest BCUT2D eigenvalue weighted by molar-refractivity contribution is 0.321. The number of hydrogen-bond acceptors (Lipinski definition) is 7. The van der Waals surface area contributed by atoms with Crippen LogP contribution in [0.25, 0.3) is 17.1 Å². The minimum Gasteiger partial charge on any atom is -0.411 e. The van der Waals surface area contributed by atoms with Crippen LogP contribution in [-0.4, -0.2) is 46.6 Å². The Morgan fingerprint density at radius 2 is 1.81 bits per heavy atom. The molecule has 0 fully saturated rings. The molecule has 0 atom stereocenters. The van der Waals surface area contributed by atoms with Gasteiger partial charge in [-0.15, -0.1) is 10.3 Å². The lowest BCUT2D eigenvalue weighted by Gasteiger charge is -2.07. The molecule has 0 aliphatic heterocycles. The highest BCUT2D eigenvalue weighted by Crippen LogP contribution is 2.25. The van der Waals surface area contributed by atoms with E-state index < -0.39 is 9.84 Å². The average molecular weight is 403 g/mol. The summed E-state index contributed by atoms with van der Waals surface area (Å²) in [7, 11) is -3.27. The van der Waals surface area contributed by atoms with E-state index in [0.29, 0.717) is 22.4 Å². The lowest BCUT2D eigenvalue weighted by Crippen LogP contribution is -2.02. The third-order valence-electron chi connectivity index (χ3n) is 3.78. The number of rotatable bonds is 6. The Balaban J connectivity index is 2.05. The molecule has 2 aromatic carbocycles. The van der Waals surface area contributed by atoms with E-state index in [1.54, 1.807) is 28.9 Å². The molecule has 27 heavy (non-hydrogen) atoms. The van der Waals surface area contributed by atoms with Gasteiger partial charge >= 0.3 is 0 Å². The first-order valence-corrected chi connectivity index (χ1v) is 10.9. The van der Waals surface area contributed by atoms with Gasteiger partial charge in [0.1, 0.15) is 0 Å². The molecule has 0 aliphatic rings. The van der Waals surface area contributed by atoms with Gasteiger partial charge in [0.15, 0.2) is 15.7 Å². The zero-order chi connectivity index (χ0) is 19.4. The van der Waals surface area contributed by atoms with E-state index in [9.17, 15) is 8.42 Å². The van der Waals surface area contributed by atoms with Crippen molar-refractivity contribution in [1.29, 1.82) is 0 Å². The quantitative estimate of drug-likeness (QED) is 0.294. The number of hydrogen-bond donors (Lipinski definition) is 1. The Labute approximate surface area is 161 Å². The Kier molecular flexibility index (Phi) is 5.62. The number of benzene rings is 2. The van der Waals surface area contributed by atoms with Gasteiger partial charge in [0.2, 0.25) is 5.16 Å². The van der Waals surface area contributed by atoms with E-state index in [1.165, 1.54) is 24.2 Å². The second-order valence-corrected chi connectivity index (χ2v) is 8.87. The number of thioether (sulfide) groups is 1. The van der Waals surface area contributed by atoms with Crippen molar-refractivity contribution in [2.45, 2.75) is 17.0 Å². The van der Waals surface area contributed by atoms with Gasteiger partial charge in [-0.3, -0.25) is 0 Å². The van der Waals surface area contributed by atoms with Gasteiger partial charge in [-0.05, 0) is 31.2 Å². The third kappa shape index (κ3) is 4.55. The number of nitrogens with zero attached hydrogens (tertiary/aromatic N) is 4. The van der Waals surface area contributed by atoms with Crippen LogP contribution in [0.15, 0.2) is 63.7 Å². The number of oxime groups is 1. The van der Waals surface area contributed by atoms with Crippen molar-refractivity contribution < 1.29 is 13.6 Å². The molecular weight excluding hydrogens is 384 g/mol. The molecule has 3 aromatic rings. The highest BCUT2D eigenvalue weighted by atomic mass is 32.2. The molecule has 0 saturated carbocycles. The van der Waals surface area contributed by atoms with Gasteiger partial charge < -0.3 is 5.21 Å². The summed E-state index contributed by atoms with van der Waals surface area (Å²) in [4.78, 5) is 4.83. The monoisotopic (exact) mass is 402 g/mol. The lowest BCUT2D eigenvalue weighted by atomic mass is 10.1. The van der Waals surface area contributed by atoms with Gasteiger partial charge in [-0.2, -0.15) is 0 Å². The Bertz CT molecular complexity index is 1060. The molecule has 0 amide bonds. The molecule has 1 heterocycles. The van der Waals surface area contributed by atoms with E-state index >= 15 is 0 Å². The number of aryl methyl sites for hydroxylation is 1. The van der Waals surface area contributed by atoms with E-state index in [1.807, 2.05) is 31.2 Å². The maximum absolute atomic E-state index is 11.7. The molecule has 1 aromatic heterocycles. The van der Waals surface area contributed by atoms with E-state index in [0.717, 1.165) is 11.1 Å². The first-order valence-electron chi connectivity index (χ1n) is 8.02. The van der Waals surface area contributed by atoms with Crippen molar-refractivity contribution >= 4 is 27.8 Å². The van der Waals surface area contributed by atoms with Crippen LogP contribution in [0.1, 0.15) is 5.56 Å². The van der Waals surface area contributed by atoms with Crippen LogP contribution in [0.5, 0.6) is 0 Å². The highest BCUT2D eigenvalue weighted by molar-refractivity contribution is 7.99. The van der Waals surface area contributed by atoms with E-state index in [-0.39, 0.29) is 4.90 Å². The summed E-state index contributed by atoms with van der Waals surface area (Å²) in [5, 5.41) is 16.6. The molecule has 0 spiro atoms. The highest BCUT2D eigenvalue weighted by Gasteiger charge is 2.15. The van der Waals surface area contributed by atoms with Gasteiger partial charge in [-0.1, -0.05) is 41.6 Å². The summed E-state index contributed by atoms with van der Waals surface area (Å²) in [5.74, 6) is 1.08. The van der Waals surface area contributed by atoms with Crippen LogP contribution in [0.2, 0.25) is 0 Å². The fourth-order valence-corrected chi connectivity index (χ4v) is 3.61. The summed E-state index contributed by atoms with van der Waals surface area (Å²) in [6.07, 6.45) is 2.53. The van der Waals surface area contributed by atoms with Crippen molar-refractivity contribution in [3.63, 3.8) is 0 Å². The standard InChI is InChI=1S/C18H18N4O3S2/c1-13-3-5-14(6-4-13)17-20-18(26-12-11-19-23)21-22(17)15-7-9-16(10-8-15)27(2,24)25/h3-11,23H,12H2,1-2H3/b19-11+. The summed E-state index contributed by atoms with van der Waals surface area (Å²) in [6.45, 7) is 2.01. The van der Waals surface area contributed by atoms with Gasteiger partial charge in [0, 0.05) is 17.6 Å². The molecule has 0 saturated heterocycles. The molecule has 7 nitrogen and oxygen atoms in total. The summed E-state index contributed by atoms with van der Waals surface area (Å²) in [6, 6.07) is 14.4. The largest absolute Gasteiger partial charge is 0.411 e. The molecule has 9 heteroatoms. The molecule has 0 unspecified atom stereocenters. The fourth-order valence-electron chi connectivity index (χ4n) is 2.40. The zero-order valence-corrected chi connectivity index (χ0v) is 16.4. The van der Waals surface area contributed by atoms with Crippen LogP contribution >= 0.6 is 11.8 Å². The van der Waals surface area contributed by atoms with Crippen LogP contribution in [0.3, 0.4) is 0 Å². The Morgan fingerprint density at radius 1 is 1.15 bits per heavy atom. The Hall–Kier alpha value is -2.65. The molecule has 1 N–H and O–H groups in total. The molecule has 140 valence electrons. The maximum Gasteiger partial charge on any atom is 0.209 e. The summed E-state index contributed by atoms with van der Waals surface area (Å²) < 4.78 is 25.0. The van der Waals surface area contributed by atoms with Crippen LogP contribution < -0.4 is 0 Å². The average Bonchev–Trinajstić information content (AvgIpc) is 3.06. The second kappa shape index (κ2) is 7.93. The van der Waals surface area contributed by atoms with Crippen molar-refractivity contribution in [2.75, 3.05) is 12.0 Å². The first kappa shape index (κ1) is 19.1. The summed E-state index contributed by atoms with van der Waals surface area (Å²) in [5.41, 5.74) is 2.73. The third-order valence-corrected chi connectivity index (χ3v) is 5.65. The minimum absolute atomic E-state index is 0.247. The number of aromatic nitrogens is 3. The fraction of sp³-hybridized carbons (Fsp3) is 0.167. The smallest absolute Gasteiger partial charge is 0.209 e. The van der Waals surface area contributed by atoms with Gasteiger partial charge in [-0.25, -0.2) is 18.1 Å². The summed E-state index contributed by atoms with van der Waals surface area (Å²) >= 11 is 1.33. The Morgan fingerprint density at radius 3 is 2.41 bits per heavy atom. The number of sulfone groups is 1. The second-order valence-electron chi connectivity index (χ2n) is 5.87. The van der Waals surface area contributed by atoms with E-state index in [2.05, 4.69) is 15.2 Å². The van der Waals surface area contributed by atoms with E-state index in [4.69, 9.17) is 5.21 Å². The predicted octanol–water partition coefficient (Wildman–Crippen LogP) is 3.20. The first-order chi connectivity index (χ1) is 12.9. The molecule has 0 radical (unpaired) electrons. The van der Waals surface area contributed by atoms with Crippen LogP contribution in [0, 0.1) is 6.92 Å². The molecule has 3 rings (SSSR count). The van der Waals surface area contributed by atoms with Gasteiger partial charge in [0.25, 0.3) is 0 Å². The van der Waals surface area contributed by atoms with Crippen molar-refractivity contribution in [3.8, 4) is 17.1 Å². The van der Waals surface area contributed by atoms with Crippen molar-refractivity contribution in [2.24, 2.45) is 5.16 Å². The predicted molar refractivity (Wildman–Crippen MR) is 106 cm³/mol. The molecular formula is C18H18N4O3S2. The topological polar surface area (TPSA) is 97.4 Å². The molecule has 0 aliphatic carbocycles. The SMILES string of the molecule is Cc1ccc(-c2nc(SC/C=N/O)nn2-c2ccc(S(C)(=O)=O)cc2)cc1. The van der Waals surface area contributed by atoms with Crippen LogP contribution in [0.4, 0.5) is 0 Å². The normalized spacial score (nSPS) is 11.9. The van der Waals surface area contributed by atoms with Crippen LogP contribution in [-0.2, 0) is 9.84 Å². The zero-order valence-electron chi connectivity index (χ0n) is 14.8. The maximum atomic E-state index is 11.7. The van der Waals surface area contributed by atoms with Crippen molar-refractivity contribution in [3.05, 3.63) is 54.1 Å². The van der Waals surface area contributed by atoms with Gasteiger partial charge in [0.05, 0.1) is 16.8 Å². The minimum atomic E-state index is -3.27. The molecule has 0 bridgehead atoms. The van der Waals surface area contributed by atoms with Crippen molar-refractivity contribution in [1.82, 2.24) is 14.8 Å².